The topological polar surface area (TPSA) is 55.1 Å². The summed E-state index contributed by atoms with van der Waals surface area (Å²) in [5.41, 5.74) is 1.55. The van der Waals surface area contributed by atoms with Crippen LogP contribution < -0.4 is 0 Å². The summed E-state index contributed by atoms with van der Waals surface area (Å²) in [4.78, 5) is 13.2. The maximum atomic E-state index is 13.2. The molecule has 29 heavy (non-hydrogen) atoms. The Labute approximate surface area is 174 Å². The van der Waals surface area contributed by atoms with Crippen molar-refractivity contribution in [3.05, 3.63) is 30.1 Å². The van der Waals surface area contributed by atoms with Gasteiger partial charge in [-0.15, -0.1) is 0 Å². The van der Waals surface area contributed by atoms with E-state index in [9.17, 15) is 9.90 Å². The Morgan fingerprint density at radius 3 is 2.79 bits per heavy atom. The molecule has 0 spiro atoms. The summed E-state index contributed by atoms with van der Waals surface area (Å²) in [6.07, 6.45) is 14.9. The molecular formula is C25H36N2O2. The zero-order valence-corrected chi connectivity index (χ0v) is 18.2. The van der Waals surface area contributed by atoms with E-state index in [1.165, 1.54) is 19.3 Å². The van der Waals surface area contributed by atoms with Gasteiger partial charge in [-0.05, 0) is 92.9 Å². The largest absolute Gasteiger partial charge is 0.390 e. The fourth-order valence-electron chi connectivity index (χ4n) is 7.90. The standard InChI is InChI=1S/C25H36N2O2/c1-23(29)11-12-24(2)17(15-23)5-6-18-19-7-8-21(25(19,3)10-9-20(18)24)22(28)16-27-14-4-13-26-27/h4,9,13-14,17-19,21,29H,5-8,10-12,15-16H2,1-3H3/t17-,18+,19+,21-,23-,24+,25+/m1/s1. The Morgan fingerprint density at radius 1 is 1.21 bits per heavy atom. The van der Waals surface area contributed by atoms with Crippen molar-refractivity contribution in [1.29, 1.82) is 0 Å². The average Bonchev–Trinajstić information content (AvgIpc) is 3.29. The Morgan fingerprint density at radius 2 is 2.03 bits per heavy atom. The third kappa shape index (κ3) is 2.97. The third-order valence-electron chi connectivity index (χ3n) is 9.58. The highest BCUT2D eigenvalue weighted by molar-refractivity contribution is 5.82. The van der Waals surface area contributed by atoms with E-state index in [1.54, 1.807) is 16.5 Å². The van der Waals surface area contributed by atoms with Gasteiger partial charge in [-0.25, -0.2) is 0 Å². The van der Waals surface area contributed by atoms with Crippen LogP contribution in [-0.2, 0) is 11.3 Å². The summed E-state index contributed by atoms with van der Waals surface area (Å²) in [5.74, 6) is 2.41. The van der Waals surface area contributed by atoms with Crippen molar-refractivity contribution < 1.29 is 9.90 Å². The molecule has 3 fully saturated rings. The molecule has 4 aliphatic rings. The molecule has 1 aromatic rings. The van der Waals surface area contributed by atoms with Gasteiger partial charge in [-0.3, -0.25) is 9.48 Å². The van der Waals surface area contributed by atoms with E-state index < -0.39 is 5.60 Å². The van der Waals surface area contributed by atoms with Crippen LogP contribution in [0.3, 0.4) is 0 Å². The molecular weight excluding hydrogens is 360 g/mol. The molecule has 0 aromatic carbocycles. The maximum absolute atomic E-state index is 13.2. The molecule has 0 bridgehead atoms. The van der Waals surface area contributed by atoms with Gasteiger partial charge in [-0.2, -0.15) is 5.10 Å². The molecule has 1 N–H and O–H groups in total. The summed E-state index contributed by atoms with van der Waals surface area (Å²) < 4.78 is 1.78. The number of nitrogens with zero attached hydrogens (tertiary/aromatic N) is 2. The summed E-state index contributed by atoms with van der Waals surface area (Å²) in [6, 6.07) is 1.89. The predicted octanol–water partition coefficient (Wildman–Crippen LogP) is 4.78. The SMILES string of the molecule is C[C@@]1(O)CC[C@]2(C)C3=CC[C@]4(C)[C@@H](C(=O)Cn5cccn5)CC[C@H]4[C@@H]3CC[C@@H]2C1. The molecule has 0 radical (unpaired) electrons. The first-order chi connectivity index (χ1) is 13.7. The number of allylic oxidation sites excluding steroid dienone is 2. The number of hydrogen-bond acceptors (Lipinski definition) is 3. The molecule has 0 amide bonds. The quantitative estimate of drug-likeness (QED) is 0.748. The van der Waals surface area contributed by atoms with Crippen molar-refractivity contribution in [3.8, 4) is 0 Å². The molecule has 1 aromatic heterocycles. The van der Waals surface area contributed by atoms with Gasteiger partial charge in [0.05, 0.1) is 12.1 Å². The van der Waals surface area contributed by atoms with Gasteiger partial charge in [0.25, 0.3) is 0 Å². The maximum Gasteiger partial charge on any atom is 0.157 e. The Balaban J connectivity index is 1.40. The van der Waals surface area contributed by atoms with Gasteiger partial charge < -0.3 is 5.11 Å². The first-order valence-corrected chi connectivity index (χ1v) is 11.7. The zero-order valence-electron chi connectivity index (χ0n) is 18.2. The number of Topliss-reactive ketones (excluding diaryl/α,β-unsaturated/α-hetero) is 1. The molecule has 5 rings (SSSR count). The highest BCUT2D eigenvalue weighted by Crippen LogP contribution is 2.66. The Kier molecular flexibility index (Phi) is 4.40. The number of rotatable bonds is 3. The second kappa shape index (κ2) is 6.54. The number of aliphatic hydroxyl groups is 1. The minimum absolute atomic E-state index is 0.0990. The summed E-state index contributed by atoms with van der Waals surface area (Å²) >= 11 is 0. The number of carbonyl (C=O) groups is 1. The van der Waals surface area contributed by atoms with Crippen LogP contribution in [0.25, 0.3) is 0 Å². The average molecular weight is 397 g/mol. The van der Waals surface area contributed by atoms with Crippen LogP contribution in [0, 0.1) is 34.5 Å². The number of aromatic nitrogens is 2. The monoisotopic (exact) mass is 396 g/mol. The Hall–Kier alpha value is -1.42. The summed E-state index contributed by atoms with van der Waals surface area (Å²) in [7, 11) is 0. The van der Waals surface area contributed by atoms with Crippen LogP contribution in [0.1, 0.15) is 72.1 Å². The van der Waals surface area contributed by atoms with Gasteiger partial charge in [0.2, 0.25) is 0 Å². The fraction of sp³-hybridized carbons (Fsp3) is 0.760. The van der Waals surface area contributed by atoms with Crippen LogP contribution in [0.15, 0.2) is 30.1 Å². The normalized spacial score (nSPS) is 46.4. The molecule has 3 saturated carbocycles. The second-order valence-electron chi connectivity index (χ2n) is 11.3. The lowest BCUT2D eigenvalue weighted by Crippen LogP contribution is -2.51. The number of carbonyl (C=O) groups excluding carboxylic acids is 1. The Bertz CT molecular complexity index is 826. The minimum atomic E-state index is -0.488. The first-order valence-electron chi connectivity index (χ1n) is 11.7. The van der Waals surface area contributed by atoms with Gasteiger partial charge in [0.1, 0.15) is 0 Å². The third-order valence-corrected chi connectivity index (χ3v) is 9.58. The number of ketones is 1. The predicted molar refractivity (Wildman–Crippen MR) is 113 cm³/mol. The van der Waals surface area contributed by atoms with E-state index in [-0.39, 0.29) is 16.7 Å². The fourth-order valence-corrected chi connectivity index (χ4v) is 7.90. The van der Waals surface area contributed by atoms with E-state index in [2.05, 4.69) is 25.0 Å². The van der Waals surface area contributed by atoms with Gasteiger partial charge in [0.15, 0.2) is 5.78 Å². The first kappa shape index (κ1) is 19.5. The molecule has 1 heterocycles. The van der Waals surface area contributed by atoms with Crippen molar-refractivity contribution >= 4 is 5.78 Å². The van der Waals surface area contributed by atoms with Gasteiger partial charge in [-0.1, -0.05) is 25.5 Å². The van der Waals surface area contributed by atoms with E-state index in [0.29, 0.717) is 30.1 Å². The van der Waals surface area contributed by atoms with Crippen molar-refractivity contribution in [2.24, 2.45) is 34.5 Å². The number of hydrogen-bond donors (Lipinski definition) is 1. The van der Waals surface area contributed by atoms with Crippen LogP contribution in [0.2, 0.25) is 0 Å². The summed E-state index contributed by atoms with van der Waals surface area (Å²) in [5, 5.41) is 14.9. The molecule has 0 aliphatic heterocycles. The molecule has 4 aliphatic carbocycles. The van der Waals surface area contributed by atoms with Crippen molar-refractivity contribution in [3.63, 3.8) is 0 Å². The molecule has 7 atom stereocenters. The van der Waals surface area contributed by atoms with Gasteiger partial charge in [0, 0.05) is 18.3 Å². The lowest BCUT2D eigenvalue weighted by atomic mass is 9.47. The number of fused-ring (bicyclic) bond motifs is 5. The lowest BCUT2D eigenvalue weighted by molar-refractivity contribution is -0.128. The second-order valence-corrected chi connectivity index (χ2v) is 11.3. The molecule has 4 heteroatoms. The van der Waals surface area contributed by atoms with Crippen LogP contribution >= 0.6 is 0 Å². The minimum Gasteiger partial charge on any atom is -0.390 e. The van der Waals surface area contributed by atoms with E-state index >= 15 is 0 Å². The highest BCUT2D eigenvalue weighted by Gasteiger charge is 2.58. The molecule has 0 unspecified atom stereocenters. The smallest absolute Gasteiger partial charge is 0.157 e. The van der Waals surface area contributed by atoms with Crippen molar-refractivity contribution in [1.82, 2.24) is 9.78 Å². The highest BCUT2D eigenvalue weighted by atomic mass is 16.3. The van der Waals surface area contributed by atoms with Gasteiger partial charge >= 0.3 is 0 Å². The van der Waals surface area contributed by atoms with Crippen LogP contribution in [0.5, 0.6) is 0 Å². The lowest BCUT2D eigenvalue weighted by Gasteiger charge is -2.58. The summed E-state index contributed by atoms with van der Waals surface area (Å²) in [6.45, 7) is 7.31. The van der Waals surface area contributed by atoms with Crippen LogP contribution in [-0.4, -0.2) is 26.3 Å². The van der Waals surface area contributed by atoms with E-state index in [1.807, 2.05) is 19.2 Å². The zero-order chi connectivity index (χ0) is 20.4. The van der Waals surface area contributed by atoms with E-state index in [4.69, 9.17) is 0 Å². The van der Waals surface area contributed by atoms with Crippen molar-refractivity contribution in [2.75, 3.05) is 0 Å². The molecule has 158 valence electrons. The van der Waals surface area contributed by atoms with Crippen molar-refractivity contribution in [2.45, 2.75) is 84.3 Å². The van der Waals surface area contributed by atoms with Crippen LogP contribution in [0.4, 0.5) is 0 Å². The van der Waals surface area contributed by atoms with E-state index in [0.717, 1.165) is 32.1 Å². The molecule has 4 nitrogen and oxygen atoms in total. The molecule has 0 saturated heterocycles.